The third-order valence-electron chi connectivity index (χ3n) is 14.1. The van der Waals surface area contributed by atoms with Gasteiger partial charge in [0.1, 0.15) is 47.4 Å². The van der Waals surface area contributed by atoms with Crippen LogP contribution < -0.4 is 0 Å². The molecule has 14 nitrogen and oxygen atoms in total. The van der Waals surface area contributed by atoms with Crippen molar-refractivity contribution in [3.05, 3.63) is 82.9 Å². The summed E-state index contributed by atoms with van der Waals surface area (Å²) in [4.78, 5) is 72.2. The van der Waals surface area contributed by atoms with Crippen molar-refractivity contribution in [1.82, 2.24) is 4.90 Å². The highest BCUT2D eigenvalue weighted by atomic mass is 16.6. The molecule has 6 aliphatic rings. The monoisotopic (exact) mass is 829 g/mol. The zero-order valence-corrected chi connectivity index (χ0v) is 35.6. The number of nitrogens with zero attached hydrogens (tertiary/aromatic N) is 1. The van der Waals surface area contributed by atoms with Gasteiger partial charge in [0.25, 0.3) is 0 Å². The number of hydrogen-bond acceptors (Lipinski definition) is 13. The number of carbonyl (C=O) groups is 5. The number of rotatable bonds is 6. The predicted molar refractivity (Wildman–Crippen MR) is 212 cm³/mol. The maximum absolute atomic E-state index is 15.1. The second-order valence-electron chi connectivity index (χ2n) is 19.4. The number of esters is 3. The molecular formula is C46H55NO13. The Morgan fingerprint density at radius 3 is 2.13 bits per heavy atom. The molecule has 0 aromatic heterocycles. The molecule has 8 rings (SSSR count). The molecule has 2 aliphatic heterocycles. The van der Waals surface area contributed by atoms with Crippen molar-refractivity contribution in [1.29, 1.82) is 0 Å². The van der Waals surface area contributed by atoms with Gasteiger partial charge in [0.15, 0.2) is 17.5 Å². The quantitative estimate of drug-likeness (QED) is 0.215. The van der Waals surface area contributed by atoms with Crippen molar-refractivity contribution >= 4 is 29.8 Å². The summed E-state index contributed by atoms with van der Waals surface area (Å²) in [7, 11) is 0. The van der Waals surface area contributed by atoms with Crippen LogP contribution in [0.2, 0.25) is 0 Å². The van der Waals surface area contributed by atoms with E-state index in [1.165, 1.54) is 11.8 Å². The Morgan fingerprint density at radius 2 is 1.55 bits per heavy atom. The van der Waals surface area contributed by atoms with E-state index < -0.39 is 106 Å². The van der Waals surface area contributed by atoms with Crippen molar-refractivity contribution in [2.45, 2.75) is 141 Å². The van der Waals surface area contributed by atoms with Crippen molar-refractivity contribution in [2.24, 2.45) is 22.7 Å². The minimum absolute atomic E-state index is 0.125. The summed E-state index contributed by atoms with van der Waals surface area (Å²) >= 11 is 0. The van der Waals surface area contributed by atoms with Gasteiger partial charge in [-0.2, -0.15) is 0 Å². The highest BCUT2D eigenvalue weighted by molar-refractivity contribution is 5.96. The van der Waals surface area contributed by atoms with E-state index in [9.17, 15) is 29.4 Å². The molecule has 11 atom stereocenters. The average Bonchev–Trinajstić information content (AvgIpc) is 3.81. The molecule has 2 saturated heterocycles. The zero-order valence-electron chi connectivity index (χ0n) is 35.6. The van der Waals surface area contributed by atoms with Gasteiger partial charge in [-0.15, -0.1) is 0 Å². The van der Waals surface area contributed by atoms with Crippen molar-refractivity contribution < 1.29 is 62.6 Å². The van der Waals surface area contributed by atoms with Crippen LogP contribution in [0.4, 0.5) is 4.79 Å². The van der Waals surface area contributed by atoms with Crippen LogP contribution in [0.5, 0.6) is 0 Å². The Balaban J connectivity index is 1.24. The predicted octanol–water partition coefficient (Wildman–Crippen LogP) is 5.39. The SMILES string of the molecule is CC(=O)O[C@@]12CO[C@@H]1C[C@@H]1C[C@@]13C(=O)[C@H](O)C1=C(C)[C@@H](OC(=O)[C@@H]4OC(C)(C)N(C(=O)OC(C)(C)C)[C@H]4c4ccccc4)C[C@@](O)([C@@H](OC(=O)c4ccccc4)[C@H]23)C1(C)C. The second kappa shape index (κ2) is 13.9. The van der Waals surface area contributed by atoms with E-state index in [0.29, 0.717) is 24.0 Å². The summed E-state index contributed by atoms with van der Waals surface area (Å²) in [5.74, 6) is -4.34. The standard InChI is InChI=1S/C46H55NO13/c1-24-29(56-39(52)34-32(26-16-12-10-13-17-26)47(43(8,9)59-34)40(53)60-41(3,4)5)22-46(54)37(57-38(51)27-18-14-11-15-19-27)35-44(36(50)33(49)31(24)42(46,6)7)21-28(44)20-30-45(35,23-55-30)58-25(2)48/h10-19,28-30,32-35,37,49,54H,20-23H2,1-9H3/t28-,29+,30-,32+,33-,34-,35+,37+,44-,45+,46-/m1/s1. The van der Waals surface area contributed by atoms with Crippen molar-refractivity contribution in [3.8, 4) is 0 Å². The minimum atomic E-state index is -2.16. The summed E-state index contributed by atoms with van der Waals surface area (Å²) < 4.78 is 37.2. The molecule has 2 N–H and O–H groups in total. The first-order valence-electron chi connectivity index (χ1n) is 20.7. The Labute approximate surface area is 349 Å². The van der Waals surface area contributed by atoms with Crippen LogP contribution in [0.25, 0.3) is 0 Å². The lowest BCUT2D eigenvalue weighted by atomic mass is 9.48. The lowest BCUT2D eigenvalue weighted by molar-refractivity contribution is -0.323. The lowest BCUT2D eigenvalue weighted by Crippen LogP contribution is -2.78. The molecule has 14 heteroatoms. The number of benzene rings is 2. The smallest absolute Gasteiger partial charge is 0.413 e. The summed E-state index contributed by atoms with van der Waals surface area (Å²) in [6.07, 6.45) is -7.07. The third-order valence-corrected chi connectivity index (χ3v) is 14.1. The number of amides is 1. The van der Waals surface area contributed by atoms with Gasteiger partial charge in [-0.25, -0.2) is 14.4 Å². The van der Waals surface area contributed by atoms with E-state index in [4.69, 9.17) is 28.4 Å². The fraction of sp³-hybridized carbons (Fsp3) is 0.587. The van der Waals surface area contributed by atoms with E-state index in [-0.39, 0.29) is 30.1 Å². The number of ether oxygens (including phenoxy) is 6. The molecule has 5 fully saturated rings. The normalized spacial score (nSPS) is 37.2. The number of carbonyl (C=O) groups excluding carboxylic acids is 5. The first-order chi connectivity index (χ1) is 28.0. The topological polar surface area (TPSA) is 184 Å². The molecule has 60 heavy (non-hydrogen) atoms. The van der Waals surface area contributed by atoms with Gasteiger partial charge in [0.2, 0.25) is 0 Å². The van der Waals surface area contributed by atoms with Crippen LogP contribution in [0.1, 0.15) is 104 Å². The van der Waals surface area contributed by atoms with E-state index >= 15 is 4.79 Å². The maximum atomic E-state index is 15.1. The second-order valence-corrected chi connectivity index (χ2v) is 19.4. The molecule has 2 aromatic carbocycles. The summed E-state index contributed by atoms with van der Waals surface area (Å²) in [6, 6.07) is 16.1. The van der Waals surface area contributed by atoms with Gasteiger partial charge < -0.3 is 38.6 Å². The Bertz CT molecular complexity index is 2140. The fourth-order valence-corrected chi connectivity index (χ4v) is 11.3. The maximum Gasteiger partial charge on any atom is 0.413 e. The van der Waals surface area contributed by atoms with Gasteiger partial charge in [-0.05, 0) is 89.1 Å². The highest BCUT2D eigenvalue weighted by Crippen LogP contribution is 2.74. The molecule has 2 heterocycles. The summed E-state index contributed by atoms with van der Waals surface area (Å²) in [5, 5.41) is 26.0. The minimum Gasteiger partial charge on any atom is -0.456 e. The fourth-order valence-electron chi connectivity index (χ4n) is 11.3. The first kappa shape index (κ1) is 42.1. The molecule has 322 valence electrons. The highest BCUT2D eigenvalue weighted by Gasteiger charge is 2.84. The number of ketones is 1. The van der Waals surface area contributed by atoms with E-state index in [0.717, 1.165) is 0 Å². The van der Waals surface area contributed by atoms with Crippen LogP contribution in [-0.2, 0) is 42.8 Å². The van der Waals surface area contributed by atoms with E-state index in [1.54, 1.807) is 116 Å². The summed E-state index contributed by atoms with van der Waals surface area (Å²) in [6.45, 7) is 14.6. The molecule has 0 unspecified atom stereocenters. The summed E-state index contributed by atoms with van der Waals surface area (Å²) in [5.41, 5.74) is -7.49. The van der Waals surface area contributed by atoms with Crippen LogP contribution in [0, 0.1) is 22.7 Å². The van der Waals surface area contributed by atoms with Gasteiger partial charge in [-0.3, -0.25) is 14.5 Å². The van der Waals surface area contributed by atoms with Crippen molar-refractivity contribution in [2.75, 3.05) is 6.61 Å². The number of fused-ring (bicyclic) bond motifs is 4. The number of Topliss-reactive ketones (excluding diaryl/α,β-unsaturated/α-hetero) is 1. The molecule has 3 saturated carbocycles. The van der Waals surface area contributed by atoms with Crippen LogP contribution in [0.15, 0.2) is 71.8 Å². The molecule has 4 aliphatic carbocycles. The molecule has 2 bridgehead atoms. The third kappa shape index (κ3) is 6.22. The average molecular weight is 830 g/mol. The molecule has 0 radical (unpaired) electrons. The zero-order chi connectivity index (χ0) is 43.5. The number of hydrogen-bond donors (Lipinski definition) is 2. The van der Waals surface area contributed by atoms with Gasteiger partial charge >= 0.3 is 24.0 Å². The van der Waals surface area contributed by atoms with Gasteiger partial charge in [0, 0.05) is 24.2 Å². The van der Waals surface area contributed by atoms with Crippen LogP contribution in [-0.4, -0.2) is 105 Å². The van der Waals surface area contributed by atoms with E-state index in [1.807, 2.05) is 0 Å². The van der Waals surface area contributed by atoms with Crippen LogP contribution >= 0.6 is 0 Å². The molecule has 2 aromatic rings. The molecule has 1 amide bonds. The van der Waals surface area contributed by atoms with Crippen molar-refractivity contribution in [3.63, 3.8) is 0 Å². The van der Waals surface area contributed by atoms with E-state index in [2.05, 4.69) is 0 Å². The van der Waals surface area contributed by atoms with Gasteiger partial charge in [-0.1, -0.05) is 62.4 Å². The number of aliphatic hydroxyl groups excluding tert-OH is 1. The molecule has 1 spiro atoms. The largest absolute Gasteiger partial charge is 0.456 e. The Morgan fingerprint density at radius 1 is 0.917 bits per heavy atom. The first-order valence-corrected chi connectivity index (χ1v) is 20.7. The van der Waals surface area contributed by atoms with Crippen LogP contribution in [0.3, 0.4) is 0 Å². The Kier molecular flexibility index (Phi) is 9.78. The lowest BCUT2D eigenvalue weighted by Gasteiger charge is -2.64. The number of aliphatic hydroxyl groups is 2. The van der Waals surface area contributed by atoms with Gasteiger partial charge in [0.05, 0.1) is 18.1 Å². The molecular weight excluding hydrogens is 774 g/mol. The Hall–Kier alpha value is -4.63.